The maximum absolute atomic E-state index is 11.9. The quantitative estimate of drug-likeness (QED) is 0.0979. The summed E-state index contributed by atoms with van der Waals surface area (Å²) in [6.45, 7) is 16.9. The maximum atomic E-state index is 11.9. The summed E-state index contributed by atoms with van der Waals surface area (Å²) in [5, 5.41) is 22.6. The van der Waals surface area contributed by atoms with Gasteiger partial charge in [0.2, 0.25) is 0 Å². The summed E-state index contributed by atoms with van der Waals surface area (Å²) in [5.41, 5.74) is 13.3. The van der Waals surface area contributed by atoms with Crippen molar-refractivity contribution in [1.82, 2.24) is 9.80 Å². The molecule has 0 fully saturated rings. The molecule has 4 aromatic carbocycles. The molecule has 0 spiro atoms. The fourth-order valence-corrected chi connectivity index (χ4v) is 8.81. The second kappa shape index (κ2) is 17.8. The number of benzene rings is 4. The molecule has 286 valence electrons. The van der Waals surface area contributed by atoms with Crippen LogP contribution < -0.4 is 0 Å². The molecular weight excluding hydrogens is 719 g/mol. The molecule has 0 saturated heterocycles. The Balaban J connectivity index is 1.25. The number of esters is 1. The molecule has 0 aromatic heterocycles. The molecule has 4 aromatic rings. The third kappa shape index (κ3) is 8.89. The summed E-state index contributed by atoms with van der Waals surface area (Å²) in [4.78, 5) is 16.4. The molecule has 9 heteroatoms. The number of hydrogen-bond donors (Lipinski definition) is 2. The number of hydrogen-bond acceptors (Lipinski definition) is 7. The van der Waals surface area contributed by atoms with Crippen LogP contribution in [0, 0.1) is 13.8 Å². The smallest absolute Gasteiger partial charge is 0.308 e. The van der Waals surface area contributed by atoms with E-state index in [1.54, 1.807) is 6.92 Å². The van der Waals surface area contributed by atoms with Crippen molar-refractivity contribution in [3.05, 3.63) is 116 Å². The van der Waals surface area contributed by atoms with E-state index in [1.807, 2.05) is 31.2 Å². The molecule has 6 rings (SSSR count). The second-order valence-electron chi connectivity index (χ2n) is 14.5. The fraction of sp³-hybridized carbons (Fsp3) is 0.400. The van der Waals surface area contributed by atoms with Gasteiger partial charge in [-0.25, -0.2) is 0 Å². The lowest BCUT2D eigenvalue weighted by molar-refractivity contribution is -0.145. The first-order valence-corrected chi connectivity index (χ1v) is 19.8. The summed E-state index contributed by atoms with van der Waals surface area (Å²) >= 11 is 14.7. The number of nitrogens with zero attached hydrogens (tertiary/aromatic N) is 2. The molecule has 0 saturated carbocycles. The Labute approximate surface area is 330 Å². The zero-order valence-corrected chi connectivity index (χ0v) is 33.4. The van der Waals surface area contributed by atoms with Crippen molar-refractivity contribution in [2.24, 2.45) is 0 Å². The second-order valence-corrected chi connectivity index (χ2v) is 15.3. The van der Waals surface area contributed by atoms with E-state index in [4.69, 9.17) is 32.7 Å². The first kappa shape index (κ1) is 40.0. The monoisotopic (exact) mass is 770 g/mol. The van der Waals surface area contributed by atoms with Crippen LogP contribution in [0.3, 0.4) is 0 Å². The first-order valence-electron chi connectivity index (χ1n) is 19.1. The summed E-state index contributed by atoms with van der Waals surface area (Å²) in [7, 11) is 0. The molecule has 0 radical (unpaired) electrons. The van der Waals surface area contributed by atoms with Crippen molar-refractivity contribution >= 4 is 29.2 Å². The normalized spacial score (nSPS) is 15.6. The van der Waals surface area contributed by atoms with E-state index in [1.165, 1.54) is 27.8 Å². The van der Waals surface area contributed by atoms with Gasteiger partial charge in [-0.05, 0) is 85.0 Å². The van der Waals surface area contributed by atoms with Crippen LogP contribution in [0.25, 0.3) is 33.4 Å². The van der Waals surface area contributed by atoms with Gasteiger partial charge in [-0.2, -0.15) is 0 Å². The Morgan fingerprint density at radius 2 is 1.11 bits per heavy atom. The van der Waals surface area contributed by atoms with E-state index in [-0.39, 0.29) is 12.4 Å². The standard InChI is InChI=1S/C45H52Cl2N2O5/c1-6-53-28(3)22-33(50)24-48-20-18-31-14-16-35(29(4)41(31)26-48)37-10-8-12-39(44(37)46)40-13-9-11-38(45(40)47)36-17-15-32-19-21-49(27-42(32)30(36)5)25-34(51)23-43(52)54-7-2/h8-17,33-34,50-51H,3,6-7,18-27H2,1-2,4-5H3. The average molecular weight is 772 g/mol. The number of carbonyl (C=O) groups excluding carboxylic acids is 1. The molecule has 0 amide bonds. The van der Waals surface area contributed by atoms with Crippen LogP contribution in [0.5, 0.6) is 0 Å². The summed E-state index contributed by atoms with van der Waals surface area (Å²) < 4.78 is 10.5. The van der Waals surface area contributed by atoms with E-state index in [9.17, 15) is 15.0 Å². The average Bonchev–Trinajstić information content (AvgIpc) is 3.13. The predicted octanol–water partition coefficient (Wildman–Crippen LogP) is 8.94. The molecule has 2 aliphatic rings. The lowest BCUT2D eigenvalue weighted by atomic mass is 9.87. The van der Waals surface area contributed by atoms with Crippen LogP contribution in [0.15, 0.2) is 73.0 Å². The van der Waals surface area contributed by atoms with Crippen molar-refractivity contribution in [2.45, 2.75) is 78.7 Å². The maximum Gasteiger partial charge on any atom is 0.308 e. The number of fused-ring (bicyclic) bond motifs is 2. The minimum atomic E-state index is -0.781. The minimum absolute atomic E-state index is 0.00908. The van der Waals surface area contributed by atoms with E-state index in [0.717, 1.165) is 71.4 Å². The molecule has 54 heavy (non-hydrogen) atoms. The van der Waals surface area contributed by atoms with Gasteiger partial charge in [0.05, 0.1) is 47.6 Å². The highest BCUT2D eigenvalue weighted by Gasteiger charge is 2.26. The number of aliphatic hydroxyl groups is 2. The SMILES string of the molecule is C=C(CC(O)CN1CCc2ccc(-c3cccc(-c4cccc(-c5ccc6c(c5C)CN(CC(O)CC(=O)OCC)CC6)c4Cl)c3Cl)c(C)c2C1)OCC. The summed E-state index contributed by atoms with van der Waals surface area (Å²) in [6, 6.07) is 21.0. The fourth-order valence-electron chi connectivity index (χ4n) is 8.15. The number of rotatable bonds is 14. The number of aliphatic hydroxyl groups excluding tert-OH is 2. The van der Waals surface area contributed by atoms with Crippen LogP contribution in [-0.2, 0) is 40.2 Å². The van der Waals surface area contributed by atoms with Gasteiger partial charge in [0.1, 0.15) is 0 Å². The Kier molecular flexibility index (Phi) is 13.2. The zero-order valence-electron chi connectivity index (χ0n) is 31.9. The topological polar surface area (TPSA) is 82.5 Å². The van der Waals surface area contributed by atoms with Crippen molar-refractivity contribution in [3.8, 4) is 33.4 Å². The predicted molar refractivity (Wildman–Crippen MR) is 219 cm³/mol. The van der Waals surface area contributed by atoms with Crippen LogP contribution in [-0.4, -0.2) is 77.6 Å². The minimum Gasteiger partial charge on any atom is -0.499 e. The van der Waals surface area contributed by atoms with E-state index < -0.39 is 12.2 Å². The highest BCUT2D eigenvalue weighted by molar-refractivity contribution is 6.39. The molecule has 2 heterocycles. The molecule has 2 unspecified atom stereocenters. The van der Waals surface area contributed by atoms with Crippen LogP contribution in [0.4, 0.5) is 0 Å². The molecule has 7 nitrogen and oxygen atoms in total. The molecule has 0 bridgehead atoms. The largest absolute Gasteiger partial charge is 0.499 e. The molecular formula is C45H52Cl2N2O5. The summed E-state index contributed by atoms with van der Waals surface area (Å²) in [5.74, 6) is 0.243. The van der Waals surface area contributed by atoms with Gasteiger partial charge in [-0.1, -0.05) is 90.4 Å². The van der Waals surface area contributed by atoms with Gasteiger partial charge in [-0.15, -0.1) is 0 Å². The lowest BCUT2D eigenvalue weighted by Crippen LogP contribution is -2.38. The lowest BCUT2D eigenvalue weighted by Gasteiger charge is -2.32. The third-order valence-corrected chi connectivity index (χ3v) is 11.7. The van der Waals surface area contributed by atoms with Gasteiger partial charge in [0.25, 0.3) is 0 Å². The molecule has 0 aliphatic carbocycles. The van der Waals surface area contributed by atoms with Gasteiger partial charge >= 0.3 is 5.97 Å². The van der Waals surface area contributed by atoms with Crippen LogP contribution in [0.2, 0.25) is 10.0 Å². The number of β-amino-alcohol motifs (C(OH)–C–C–N with tert-alkyl or cyclic N) is 2. The van der Waals surface area contributed by atoms with Gasteiger partial charge in [-0.3, -0.25) is 14.6 Å². The van der Waals surface area contributed by atoms with Crippen LogP contribution in [0.1, 0.15) is 60.1 Å². The molecule has 2 atom stereocenters. The van der Waals surface area contributed by atoms with Crippen molar-refractivity contribution < 1.29 is 24.5 Å². The van der Waals surface area contributed by atoms with Crippen molar-refractivity contribution in [2.75, 3.05) is 39.4 Å². The Hall–Kier alpha value is -3.69. The van der Waals surface area contributed by atoms with E-state index >= 15 is 0 Å². The molecule has 2 aliphatic heterocycles. The Bertz CT molecular complexity index is 1870. The number of ether oxygens (including phenoxy) is 2. The Morgan fingerprint density at radius 3 is 1.56 bits per heavy atom. The highest BCUT2D eigenvalue weighted by Crippen LogP contribution is 2.45. The van der Waals surface area contributed by atoms with Gasteiger partial charge in [0, 0.05) is 67.9 Å². The highest BCUT2D eigenvalue weighted by atomic mass is 35.5. The summed E-state index contributed by atoms with van der Waals surface area (Å²) in [6.07, 6.45) is 0.887. The number of halogens is 2. The van der Waals surface area contributed by atoms with E-state index in [0.29, 0.717) is 55.1 Å². The van der Waals surface area contributed by atoms with Crippen LogP contribution >= 0.6 is 23.2 Å². The van der Waals surface area contributed by atoms with E-state index in [2.05, 4.69) is 66.6 Å². The van der Waals surface area contributed by atoms with Gasteiger partial charge < -0.3 is 19.7 Å². The first-order chi connectivity index (χ1) is 26.0. The zero-order chi connectivity index (χ0) is 38.5. The third-order valence-electron chi connectivity index (χ3n) is 10.9. The van der Waals surface area contributed by atoms with Gasteiger partial charge in [0.15, 0.2) is 0 Å². The van der Waals surface area contributed by atoms with Crippen molar-refractivity contribution in [1.29, 1.82) is 0 Å². The Morgan fingerprint density at radius 1 is 0.685 bits per heavy atom. The van der Waals surface area contributed by atoms with Crippen molar-refractivity contribution in [3.63, 3.8) is 0 Å². The molecule has 2 N–H and O–H groups in total. The number of carbonyl (C=O) groups is 1.